The molecule has 1 aromatic carbocycles. The average molecular weight is 290 g/mol. The topological polar surface area (TPSA) is 69.6 Å². The lowest BCUT2D eigenvalue weighted by Gasteiger charge is -2.27. The monoisotopic (exact) mass is 290 g/mol. The van der Waals surface area contributed by atoms with Gasteiger partial charge in [-0.2, -0.15) is 0 Å². The van der Waals surface area contributed by atoms with Gasteiger partial charge in [0.2, 0.25) is 0 Å². The number of carbonyl (C=O) groups excluding carboxylic acids is 1. The van der Waals surface area contributed by atoms with Crippen LogP contribution in [0, 0.1) is 0 Å². The van der Waals surface area contributed by atoms with Gasteiger partial charge in [0.15, 0.2) is 0 Å². The summed E-state index contributed by atoms with van der Waals surface area (Å²) in [6.45, 7) is 2.55. The Morgan fingerprint density at radius 2 is 2.14 bits per heavy atom. The Hall–Kier alpha value is -2.04. The van der Waals surface area contributed by atoms with Gasteiger partial charge in [0.25, 0.3) is 0 Å². The lowest BCUT2D eigenvalue weighted by atomic mass is 10.1. The molecule has 0 radical (unpaired) electrons. The summed E-state index contributed by atoms with van der Waals surface area (Å²) in [5.74, 6) is -0.922. The first-order valence-corrected chi connectivity index (χ1v) is 7.51. The zero-order chi connectivity index (χ0) is 15.2. The van der Waals surface area contributed by atoms with Gasteiger partial charge in [0, 0.05) is 12.2 Å². The number of nitrogens with one attached hydrogen (secondary N) is 1. The van der Waals surface area contributed by atoms with Crippen LogP contribution in [0.4, 0.5) is 10.5 Å². The summed E-state index contributed by atoms with van der Waals surface area (Å²) in [7, 11) is 0. The number of aliphatic carboxylic acids is 1. The minimum Gasteiger partial charge on any atom is -0.480 e. The Kier molecular flexibility index (Phi) is 5.20. The van der Waals surface area contributed by atoms with Gasteiger partial charge in [-0.1, -0.05) is 31.9 Å². The van der Waals surface area contributed by atoms with Crippen LogP contribution in [0.2, 0.25) is 0 Å². The van der Waals surface area contributed by atoms with E-state index in [0.717, 1.165) is 31.2 Å². The molecule has 0 spiro atoms. The summed E-state index contributed by atoms with van der Waals surface area (Å²) in [6, 6.07) is 6.60. The van der Waals surface area contributed by atoms with Crippen molar-refractivity contribution in [2.75, 3.05) is 11.9 Å². The second-order valence-corrected chi connectivity index (χ2v) is 5.38. The van der Waals surface area contributed by atoms with Crippen molar-refractivity contribution in [1.82, 2.24) is 4.90 Å². The maximum absolute atomic E-state index is 12.4. The van der Waals surface area contributed by atoms with Crippen LogP contribution < -0.4 is 5.32 Å². The van der Waals surface area contributed by atoms with Crippen LogP contribution in [0.5, 0.6) is 0 Å². The fraction of sp³-hybridized carbons (Fsp3) is 0.500. The van der Waals surface area contributed by atoms with Crippen LogP contribution in [0.15, 0.2) is 24.3 Å². The Bertz CT molecular complexity index is 516. The number of nitrogens with zero attached hydrogens (tertiary/aromatic N) is 1. The van der Waals surface area contributed by atoms with Gasteiger partial charge in [-0.15, -0.1) is 0 Å². The number of carboxylic acids is 1. The molecular weight excluding hydrogens is 268 g/mol. The Labute approximate surface area is 125 Å². The number of carbonyl (C=O) groups is 2. The first-order valence-electron chi connectivity index (χ1n) is 7.51. The molecule has 1 unspecified atom stereocenters. The number of anilines is 1. The smallest absolute Gasteiger partial charge is 0.326 e. The van der Waals surface area contributed by atoms with E-state index in [0.29, 0.717) is 18.7 Å². The van der Waals surface area contributed by atoms with E-state index in [2.05, 4.69) is 12.2 Å². The maximum Gasteiger partial charge on any atom is 0.326 e. The maximum atomic E-state index is 12.4. The minimum absolute atomic E-state index is 0.322. The molecule has 2 amide bonds. The lowest BCUT2D eigenvalue weighted by Crippen LogP contribution is -2.46. The molecule has 0 saturated carbocycles. The summed E-state index contributed by atoms with van der Waals surface area (Å²) in [4.78, 5) is 25.2. The molecule has 0 aromatic heterocycles. The van der Waals surface area contributed by atoms with E-state index in [4.69, 9.17) is 0 Å². The van der Waals surface area contributed by atoms with Gasteiger partial charge in [-0.3, -0.25) is 0 Å². The first kappa shape index (κ1) is 15.4. The highest BCUT2D eigenvalue weighted by atomic mass is 16.4. The van der Waals surface area contributed by atoms with E-state index in [-0.39, 0.29) is 6.03 Å². The van der Waals surface area contributed by atoms with Crippen molar-refractivity contribution in [3.63, 3.8) is 0 Å². The number of amides is 2. The van der Waals surface area contributed by atoms with E-state index >= 15 is 0 Å². The second-order valence-electron chi connectivity index (χ2n) is 5.38. The van der Waals surface area contributed by atoms with Crippen molar-refractivity contribution in [3.8, 4) is 0 Å². The molecule has 1 aliphatic heterocycles. The predicted octanol–water partition coefficient (Wildman–Crippen LogP) is 3.11. The molecule has 1 atom stereocenters. The Morgan fingerprint density at radius 3 is 2.86 bits per heavy atom. The molecule has 1 fully saturated rings. The lowest BCUT2D eigenvalue weighted by molar-refractivity contribution is -0.142. The van der Waals surface area contributed by atoms with Crippen LogP contribution in [0.3, 0.4) is 0 Å². The third kappa shape index (κ3) is 3.97. The summed E-state index contributed by atoms with van der Waals surface area (Å²) in [6.07, 6.45) is 4.10. The second kappa shape index (κ2) is 7.11. The zero-order valence-electron chi connectivity index (χ0n) is 12.3. The number of aryl methyl sites for hydroxylation is 1. The van der Waals surface area contributed by atoms with Crippen molar-refractivity contribution in [3.05, 3.63) is 29.8 Å². The Balaban J connectivity index is 2.10. The van der Waals surface area contributed by atoms with E-state index in [1.54, 1.807) is 0 Å². The number of benzene rings is 1. The van der Waals surface area contributed by atoms with Gasteiger partial charge < -0.3 is 15.3 Å². The van der Waals surface area contributed by atoms with Gasteiger partial charge >= 0.3 is 12.0 Å². The fourth-order valence-corrected chi connectivity index (χ4v) is 2.67. The molecule has 0 bridgehead atoms. The van der Waals surface area contributed by atoms with E-state index in [9.17, 15) is 14.7 Å². The standard InChI is InChI=1S/C16H22N2O3/c1-2-12-7-6-8-13(11-12)17-16(21)18-10-5-3-4-9-14(18)15(19)20/h6-8,11,14H,2-5,9-10H2,1H3,(H,17,21)(H,19,20). The van der Waals surface area contributed by atoms with E-state index in [1.165, 1.54) is 4.90 Å². The average Bonchev–Trinajstić information content (AvgIpc) is 2.73. The Morgan fingerprint density at radius 1 is 1.33 bits per heavy atom. The number of rotatable bonds is 3. The number of hydrogen-bond donors (Lipinski definition) is 2. The third-order valence-electron chi connectivity index (χ3n) is 3.89. The molecular formula is C16H22N2O3. The van der Waals surface area contributed by atoms with Crippen molar-refractivity contribution in [1.29, 1.82) is 0 Å². The fourth-order valence-electron chi connectivity index (χ4n) is 2.67. The number of urea groups is 1. The third-order valence-corrected chi connectivity index (χ3v) is 3.89. The zero-order valence-corrected chi connectivity index (χ0v) is 12.3. The molecule has 5 heteroatoms. The molecule has 1 saturated heterocycles. The van der Waals surface area contributed by atoms with Crippen LogP contribution in [-0.2, 0) is 11.2 Å². The summed E-state index contributed by atoms with van der Waals surface area (Å²) < 4.78 is 0. The van der Waals surface area contributed by atoms with Crippen molar-refractivity contribution in [2.45, 2.75) is 45.1 Å². The quantitative estimate of drug-likeness (QED) is 0.898. The number of likely N-dealkylation sites (tertiary alicyclic amines) is 1. The highest BCUT2D eigenvalue weighted by Crippen LogP contribution is 2.19. The minimum atomic E-state index is -0.922. The normalized spacial score (nSPS) is 18.9. The molecule has 21 heavy (non-hydrogen) atoms. The molecule has 114 valence electrons. The van der Waals surface area contributed by atoms with Crippen molar-refractivity contribution < 1.29 is 14.7 Å². The van der Waals surface area contributed by atoms with Gasteiger partial charge in [0.1, 0.15) is 6.04 Å². The van der Waals surface area contributed by atoms with Gasteiger partial charge in [0.05, 0.1) is 0 Å². The van der Waals surface area contributed by atoms with Crippen molar-refractivity contribution in [2.24, 2.45) is 0 Å². The molecule has 1 heterocycles. The molecule has 1 aromatic rings. The van der Waals surface area contributed by atoms with E-state index < -0.39 is 12.0 Å². The van der Waals surface area contributed by atoms with E-state index in [1.807, 2.05) is 24.3 Å². The van der Waals surface area contributed by atoms with Crippen LogP contribution in [-0.4, -0.2) is 34.6 Å². The van der Waals surface area contributed by atoms with Crippen LogP contribution >= 0.6 is 0 Å². The highest BCUT2D eigenvalue weighted by Gasteiger charge is 2.30. The highest BCUT2D eigenvalue weighted by molar-refractivity contribution is 5.92. The van der Waals surface area contributed by atoms with Crippen LogP contribution in [0.1, 0.15) is 38.2 Å². The van der Waals surface area contributed by atoms with Gasteiger partial charge in [-0.05, 0) is 37.0 Å². The molecule has 2 rings (SSSR count). The molecule has 1 aliphatic rings. The summed E-state index contributed by atoms with van der Waals surface area (Å²) in [5, 5.41) is 12.1. The molecule has 2 N–H and O–H groups in total. The summed E-state index contributed by atoms with van der Waals surface area (Å²) in [5.41, 5.74) is 1.85. The number of carboxylic acid groups (broad SMARTS) is 1. The largest absolute Gasteiger partial charge is 0.480 e. The van der Waals surface area contributed by atoms with Gasteiger partial charge in [-0.25, -0.2) is 9.59 Å². The first-order chi connectivity index (χ1) is 10.1. The SMILES string of the molecule is CCc1cccc(NC(=O)N2CCCCCC2C(=O)O)c1. The van der Waals surface area contributed by atoms with Crippen molar-refractivity contribution >= 4 is 17.7 Å². The number of hydrogen-bond acceptors (Lipinski definition) is 2. The molecule has 0 aliphatic carbocycles. The summed E-state index contributed by atoms with van der Waals surface area (Å²) >= 11 is 0. The van der Waals surface area contributed by atoms with Crippen LogP contribution in [0.25, 0.3) is 0 Å². The molecule has 5 nitrogen and oxygen atoms in total. The predicted molar refractivity (Wildman–Crippen MR) is 81.4 cm³/mol.